The fourth-order valence-corrected chi connectivity index (χ4v) is 5.07. The first-order valence-electron chi connectivity index (χ1n) is 10.0. The summed E-state index contributed by atoms with van der Waals surface area (Å²) in [5.74, 6) is 1.02. The van der Waals surface area contributed by atoms with E-state index in [-0.39, 0.29) is 0 Å². The summed E-state index contributed by atoms with van der Waals surface area (Å²) < 4.78 is 3.81. The highest BCUT2D eigenvalue weighted by molar-refractivity contribution is 14.1. The fourth-order valence-electron chi connectivity index (χ4n) is 3.73. The molecule has 0 saturated carbocycles. The number of pyridine rings is 1. The first kappa shape index (κ1) is 22.4. The van der Waals surface area contributed by atoms with E-state index in [0.717, 1.165) is 61.0 Å². The third-order valence-electron chi connectivity index (χ3n) is 5.53. The van der Waals surface area contributed by atoms with Crippen molar-refractivity contribution < 1.29 is 0 Å². The zero-order chi connectivity index (χ0) is 22.2. The van der Waals surface area contributed by atoms with Crippen LogP contribution in [0.4, 0.5) is 0 Å². The van der Waals surface area contributed by atoms with Gasteiger partial charge in [0.15, 0.2) is 5.65 Å². The van der Waals surface area contributed by atoms with Crippen molar-refractivity contribution in [2.45, 2.75) is 45.2 Å². The number of allylic oxidation sites excluding steroid dienone is 1. The van der Waals surface area contributed by atoms with Crippen LogP contribution in [-0.4, -0.2) is 20.7 Å². The molecule has 0 radical (unpaired) electrons. The number of aryl methyl sites for hydroxylation is 2. The standard InChI is InChI=1S/C23H20BrClIN5/c1-3-4-5-19-30-20-14(2)8-9-28-22(20)31(19)12-15-6-7-16(10-18(15)25)23(13-27)21(26)17(24)11-29-23/h6-11H,3-5,12H2,1-2H3. The van der Waals surface area contributed by atoms with E-state index in [9.17, 15) is 5.26 Å². The van der Waals surface area contributed by atoms with Crippen LogP contribution in [0.1, 0.15) is 42.3 Å². The average Bonchev–Trinajstić information content (AvgIpc) is 3.27. The van der Waals surface area contributed by atoms with E-state index in [1.54, 1.807) is 6.21 Å². The molecule has 3 aromatic rings. The molecule has 1 aliphatic rings. The lowest BCUT2D eigenvalue weighted by molar-refractivity contribution is 0.685. The molecule has 5 nitrogen and oxygen atoms in total. The molecule has 0 spiro atoms. The molecule has 1 aromatic carbocycles. The van der Waals surface area contributed by atoms with Crippen molar-refractivity contribution in [2.75, 3.05) is 0 Å². The van der Waals surface area contributed by atoms with Crippen LogP contribution >= 0.6 is 50.1 Å². The van der Waals surface area contributed by atoms with E-state index in [4.69, 9.17) is 16.6 Å². The normalized spacial score (nSPS) is 18.2. The number of unbranched alkanes of at least 4 members (excludes halogenated alkanes) is 1. The molecule has 4 rings (SSSR count). The lowest BCUT2D eigenvalue weighted by atomic mass is 9.92. The highest BCUT2D eigenvalue weighted by atomic mass is 127. The number of imidazole rings is 1. The molecule has 0 aliphatic carbocycles. The van der Waals surface area contributed by atoms with Crippen molar-refractivity contribution in [2.24, 2.45) is 4.99 Å². The molecule has 0 amide bonds. The summed E-state index contributed by atoms with van der Waals surface area (Å²) in [5.41, 5.74) is 3.60. The molecule has 0 saturated heterocycles. The molecule has 31 heavy (non-hydrogen) atoms. The molecule has 0 N–H and O–H groups in total. The molecule has 158 valence electrons. The maximum Gasteiger partial charge on any atom is 0.203 e. The molecule has 8 heteroatoms. The van der Waals surface area contributed by atoms with Crippen LogP contribution in [0.15, 0.2) is 43.5 Å². The Labute approximate surface area is 208 Å². The number of aliphatic imine (C=N–C) groups is 1. The largest absolute Gasteiger partial charge is 0.308 e. The van der Waals surface area contributed by atoms with Crippen molar-refractivity contribution >= 4 is 67.5 Å². The lowest BCUT2D eigenvalue weighted by Crippen LogP contribution is -2.20. The Morgan fingerprint density at radius 3 is 2.77 bits per heavy atom. The van der Waals surface area contributed by atoms with Gasteiger partial charge in [-0.15, -0.1) is 0 Å². The van der Waals surface area contributed by atoms with Gasteiger partial charge >= 0.3 is 0 Å². The summed E-state index contributed by atoms with van der Waals surface area (Å²) in [7, 11) is 0. The minimum absolute atomic E-state index is 0.574. The quantitative estimate of drug-likeness (QED) is 0.295. The minimum Gasteiger partial charge on any atom is -0.308 e. The van der Waals surface area contributed by atoms with Gasteiger partial charge in [-0.3, -0.25) is 4.99 Å². The van der Waals surface area contributed by atoms with Crippen LogP contribution in [0.3, 0.4) is 0 Å². The van der Waals surface area contributed by atoms with E-state index in [0.29, 0.717) is 11.6 Å². The maximum absolute atomic E-state index is 9.90. The Balaban J connectivity index is 1.75. The molecule has 1 aliphatic heterocycles. The van der Waals surface area contributed by atoms with Gasteiger partial charge in [-0.2, -0.15) is 5.26 Å². The van der Waals surface area contributed by atoms with Gasteiger partial charge in [-0.25, -0.2) is 9.97 Å². The van der Waals surface area contributed by atoms with Gasteiger partial charge in [-0.05, 0) is 75.1 Å². The summed E-state index contributed by atoms with van der Waals surface area (Å²) in [6.07, 6.45) is 6.57. The molecule has 3 heterocycles. The second-order valence-corrected chi connectivity index (χ2v) is 9.91. The van der Waals surface area contributed by atoms with Gasteiger partial charge in [0.1, 0.15) is 17.4 Å². The van der Waals surface area contributed by atoms with Gasteiger partial charge in [0, 0.05) is 33.9 Å². The van der Waals surface area contributed by atoms with E-state index >= 15 is 0 Å². The van der Waals surface area contributed by atoms with Crippen LogP contribution in [0, 0.1) is 18.3 Å². The Hall–Kier alpha value is -1.76. The van der Waals surface area contributed by atoms with Gasteiger partial charge in [0.2, 0.25) is 5.54 Å². The van der Waals surface area contributed by atoms with Crippen molar-refractivity contribution in [3.63, 3.8) is 0 Å². The molecule has 2 aromatic heterocycles. The monoisotopic (exact) mass is 607 g/mol. The summed E-state index contributed by atoms with van der Waals surface area (Å²) in [5, 5.41) is 10.5. The van der Waals surface area contributed by atoms with Gasteiger partial charge < -0.3 is 4.57 Å². The van der Waals surface area contributed by atoms with Crippen molar-refractivity contribution in [1.82, 2.24) is 14.5 Å². The zero-order valence-electron chi connectivity index (χ0n) is 17.2. The predicted octanol–water partition coefficient (Wildman–Crippen LogP) is 6.63. The number of halogens is 3. The molecule has 1 atom stereocenters. The summed E-state index contributed by atoms with van der Waals surface area (Å²) in [6, 6.07) is 10.1. The number of fused-ring (bicyclic) bond motifs is 1. The average molecular weight is 609 g/mol. The highest BCUT2D eigenvalue weighted by Crippen LogP contribution is 2.44. The second-order valence-electron chi connectivity index (χ2n) is 7.57. The molecule has 0 fully saturated rings. The fraction of sp³-hybridized carbons (Fsp3) is 0.304. The van der Waals surface area contributed by atoms with Crippen LogP contribution in [0.5, 0.6) is 0 Å². The Kier molecular flexibility index (Phi) is 6.52. The summed E-state index contributed by atoms with van der Waals surface area (Å²) in [4.78, 5) is 13.9. The molecule has 0 bridgehead atoms. The number of aromatic nitrogens is 3. The van der Waals surface area contributed by atoms with E-state index < -0.39 is 5.54 Å². The van der Waals surface area contributed by atoms with Crippen LogP contribution in [0.25, 0.3) is 11.2 Å². The summed E-state index contributed by atoms with van der Waals surface area (Å²) in [6.45, 7) is 4.81. The second kappa shape index (κ2) is 9.00. The number of hydrogen-bond donors (Lipinski definition) is 0. The van der Waals surface area contributed by atoms with Gasteiger partial charge in [0.25, 0.3) is 0 Å². The Bertz CT molecular complexity index is 1270. The minimum atomic E-state index is -1.05. The van der Waals surface area contributed by atoms with Crippen molar-refractivity contribution in [3.8, 4) is 6.07 Å². The third kappa shape index (κ3) is 3.94. The van der Waals surface area contributed by atoms with Crippen molar-refractivity contribution in [3.05, 3.63) is 66.1 Å². The predicted molar refractivity (Wildman–Crippen MR) is 137 cm³/mol. The summed E-state index contributed by atoms with van der Waals surface area (Å²) >= 11 is 12.4. The van der Waals surface area contributed by atoms with Gasteiger partial charge in [0.05, 0.1) is 10.1 Å². The number of nitrogens with zero attached hydrogens (tertiary/aromatic N) is 5. The lowest BCUT2D eigenvalue weighted by Gasteiger charge is -2.20. The number of hydrogen-bond acceptors (Lipinski definition) is 4. The zero-order valence-corrected chi connectivity index (χ0v) is 21.7. The smallest absolute Gasteiger partial charge is 0.203 e. The third-order valence-corrected chi connectivity index (χ3v) is 8.58. The topological polar surface area (TPSA) is 66.9 Å². The number of benzene rings is 1. The molecular weight excluding hydrogens is 589 g/mol. The first-order chi connectivity index (χ1) is 14.9. The SMILES string of the molecule is CCCCc1nc2c(C)ccnc2n1Cc1ccc(C2(C#N)N=CC(Br)=C2I)cc1Cl. The Morgan fingerprint density at radius 2 is 2.13 bits per heavy atom. The van der Waals surface area contributed by atoms with Gasteiger partial charge in [-0.1, -0.05) is 37.1 Å². The first-order valence-corrected chi connectivity index (χ1v) is 12.3. The van der Waals surface area contributed by atoms with E-state index in [1.165, 1.54) is 0 Å². The van der Waals surface area contributed by atoms with E-state index in [2.05, 4.69) is 73.0 Å². The van der Waals surface area contributed by atoms with E-state index in [1.807, 2.05) is 30.5 Å². The van der Waals surface area contributed by atoms with Crippen LogP contribution in [-0.2, 0) is 18.5 Å². The van der Waals surface area contributed by atoms with Crippen LogP contribution < -0.4 is 0 Å². The Morgan fingerprint density at radius 1 is 1.32 bits per heavy atom. The molecular formula is C23H20BrClIN5. The number of rotatable bonds is 6. The van der Waals surface area contributed by atoms with Crippen LogP contribution in [0.2, 0.25) is 5.02 Å². The number of nitriles is 1. The van der Waals surface area contributed by atoms with Crippen molar-refractivity contribution in [1.29, 1.82) is 5.26 Å². The maximum atomic E-state index is 9.90. The highest BCUT2D eigenvalue weighted by Gasteiger charge is 2.39. The molecule has 1 unspecified atom stereocenters.